The van der Waals surface area contributed by atoms with Crippen molar-refractivity contribution in [3.63, 3.8) is 0 Å². The number of nitrogens with zero attached hydrogens (tertiary/aromatic N) is 4. The van der Waals surface area contributed by atoms with Gasteiger partial charge >= 0.3 is 0 Å². The van der Waals surface area contributed by atoms with Crippen molar-refractivity contribution in [2.75, 3.05) is 13.1 Å². The van der Waals surface area contributed by atoms with Gasteiger partial charge in [0.05, 0.1) is 12.0 Å². The molecule has 0 aliphatic rings. The van der Waals surface area contributed by atoms with Crippen LogP contribution in [0.2, 0.25) is 0 Å². The minimum absolute atomic E-state index is 0.224. The molecule has 1 aromatic heterocycles. The van der Waals surface area contributed by atoms with Gasteiger partial charge in [-0.1, -0.05) is 27.7 Å². The zero-order chi connectivity index (χ0) is 16.0. The second-order valence-electron chi connectivity index (χ2n) is 5.73. The van der Waals surface area contributed by atoms with E-state index in [2.05, 4.69) is 56.5 Å². The summed E-state index contributed by atoms with van der Waals surface area (Å²) in [5.41, 5.74) is -0.378. The Morgan fingerprint density at radius 2 is 1.81 bits per heavy atom. The fourth-order valence-corrected chi connectivity index (χ4v) is 3.24. The van der Waals surface area contributed by atoms with Crippen LogP contribution in [0.15, 0.2) is 6.33 Å². The van der Waals surface area contributed by atoms with Crippen molar-refractivity contribution in [2.24, 2.45) is 0 Å². The van der Waals surface area contributed by atoms with Gasteiger partial charge in [0, 0.05) is 6.04 Å². The third-order valence-corrected chi connectivity index (χ3v) is 4.51. The first-order valence-corrected chi connectivity index (χ1v) is 8.13. The van der Waals surface area contributed by atoms with Crippen LogP contribution in [0.5, 0.6) is 0 Å². The van der Waals surface area contributed by atoms with Gasteiger partial charge < -0.3 is 0 Å². The SMILES string of the molecule is CCN(CC)C(CC)(CC)C(=O)Cc1ncnn1C(C)C. The first-order chi connectivity index (χ1) is 9.96. The Hall–Kier alpha value is -1.23. The molecule has 1 aromatic rings. The lowest BCUT2D eigenvalue weighted by molar-refractivity contribution is -0.131. The molecule has 0 bridgehead atoms. The minimum Gasteiger partial charge on any atom is -0.297 e. The predicted molar refractivity (Wildman–Crippen MR) is 85.4 cm³/mol. The van der Waals surface area contributed by atoms with Crippen molar-refractivity contribution in [3.05, 3.63) is 12.2 Å². The topological polar surface area (TPSA) is 51.0 Å². The number of Topliss-reactive ketones (excluding diaryl/α,β-unsaturated/α-hetero) is 1. The summed E-state index contributed by atoms with van der Waals surface area (Å²) in [4.78, 5) is 19.6. The van der Waals surface area contributed by atoms with Gasteiger partial charge in [0.2, 0.25) is 0 Å². The molecule has 0 spiro atoms. The molecular weight excluding hydrogens is 264 g/mol. The fourth-order valence-electron chi connectivity index (χ4n) is 3.24. The first-order valence-electron chi connectivity index (χ1n) is 8.13. The van der Waals surface area contributed by atoms with Crippen LogP contribution in [-0.4, -0.2) is 44.1 Å². The van der Waals surface area contributed by atoms with Crippen molar-refractivity contribution in [3.8, 4) is 0 Å². The number of likely N-dealkylation sites (N-methyl/N-ethyl adjacent to an activating group) is 1. The summed E-state index contributed by atoms with van der Waals surface area (Å²) in [5.74, 6) is 1.03. The molecule has 21 heavy (non-hydrogen) atoms. The number of rotatable bonds is 9. The molecule has 0 radical (unpaired) electrons. The van der Waals surface area contributed by atoms with Gasteiger partial charge in [-0.05, 0) is 39.8 Å². The van der Waals surface area contributed by atoms with E-state index in [1.54, 1.807) is 6.33 Å². The van der Waals surface area contributed by atoms with Crippen LogP contribution in [-0.2, 0) is 11.2 Å². The summed E-state index contributed by atoms with van der Waals surface area (Å²) in [6.45, 7) is 14.3. The molecule has 0 saturated heterocycles. The highest BCUT2D eigenvalue weighted by molar-refractivity contribution is 5.89. The van der Waals surface area contributed by atoms with E-state index >= 15 is 0 Å². The van der Waals surface area contributed by atoms with Crippen LogP contribution in [0, 0.1) is 0 Å². The fraction of sp³-hybridized carbons (Fsp3) is 0.812. The Morgan fingerprint density at radius 3 is 2.24 bits per heavy atom. The summed E-state index contributed by atoms with van der Waals surface area (Å²) in [7, 11) is 0. The Bertz CT molecular complexity index is 445. The van der Waals surface area contributed by atoms with Crippen molar-refractivity contribution < 1.29 is 4.79 Å². The lowest BCUT2D eigenvalue weighted by Crippen LogP contribution is -2.54. The minimum atomic E-state index is -0.378. The maximum absolute atomic E-state index is 13.0. The molecule has 0 aromatic carbocycles. The van der Waals surface area contributed by atoms with Crippen molar-refractivity contribution in [1.82, 2.24) is 19.7 Å². The zero-order valence-corrected chi connectivity index (χ0v) is 14.4. The molecule has 5 nitrogen and oxygen atoms in total. The summed E-state index contributed by atoms with van der Waals surface area (Å²) >= 11 is 0. The molecule has 0 amide bonds. The van der Waals surface area contributed by atoms with E-state index in [4.69, 9.17) is 0 Å². The largest absolute Gasteiger partial charge is 0.297 e. The van der Waals surface area contributed by atoms with Crippen LogP contribution in [0.1, 0.15) is 66.3 Å². The maximum atomic E-state index is 13.0. The summed E-state index contributed by atoms with van der Waals surface area (Å²) < 4.78 is 1.84. The van der Waals surface area contributed by atoms with E-state index in [1.165, 1.54) is 0 Å². The molecule has 0 N–H and O–H groups in total. The Kier molecular flexibility index (Phi) is 6.52. The second kappa shape index (κ2) is 7.69. The van der Waals surface area contributed by atoms with Crippen molar-refractivity contribution in [1.29, 1.82) is 0 Å². The second-order valence-corrected chi connectivity index (χ2v) is 5.73. The number of carbonyl (C=O) groups is 1. The molecule has 0 atom stereocenters. The highest BCUT2D eigenvalue weighted by atomic mass is 16.1. The lowest BCUT2D eigenvalue weighted by atomic mass is 9.84. The Balaban J connectivity index is 3.04. The molecule has 0 aliphatic heterocycles. The molecule has 0 aliphatic carbocycles. The zero-order valence-electron chi connectivity index (χ0n) is 14.4. The van der Waals surface area contributed by atoms with Gasteiger partial charge in [0.15, 0.2) is 5.78 Å². The van der Waals surface area contributed by atoms with Gasteiger partial charge in [-0.3, -0.25) is 9.69 Å². The Labute approximate surface area is 128 Å². The lowest BCUT2D eigenvalue weighted by Gasteiger charge is -2.41. The number of ketones is 1. The molecule has 1 rings (SSSR count). The average Bonchev–Trinajstić information content (AvgIpc) is 2.93. The smallest absolute Gasteiger partial charge is 0.160 e. The molecule has 1 heterocycles. The summed E-state index contributed by atoms with van der Waals surface area (Å²) in [6, 6.07) is 0.224. The van der Waals surface area contributed by atoms with Crippen LogP contribution < -0.4 is 0 Å². The van der Waals surface area contributed by atoms with E-state index in [-0.39, 0.29) is 17.4 Å². The van der Waals surface area contributed by atoms with Crippen LogP contribution in [0.3, 0.4) is 0 Å². The average molecular weight is 294 g/mol. The number of hydrogen-bond donors (Lipinski definition) is 0. The number of carbonyl (C=O) groups excluding carboxylic acids is 1. The van der Waals surface area contributed by atoms with Crippen molar-refractivity contribution in [2.45, 2.75) is 72.4 Å². The molecule has 120 valence electrons. The van der Waals surface area contributed by atoms with Gasteiger partial charge in [-0.15, -0.1) is 0 Å². The van der Waals surface area contributed by atoms with Gasteiger partial charge in [-0.25, -0.2) is 9.67 Å². The van der Waals surface area contributed by atoms with Crippen LogP contribution in [0.4, 0.5) is 0 Å². The normalized spacial score (nSPS) is 12.4. The third kappa shape index (κ3) is 3.51. The quantitative estimate of drug-likeness (QED) is 0.702. The van der Waals surface area contributed by atoms with Gasteiger partial charge in [0.25, 0.3) is 0 Å². The maximum Gasteiger partial charge on any atom is 0.160 e. The molecule has 0 unspecified atom stereocenters. The highest BCUT2D eigenvalue weighted by Gasteiger charge is 2.39. The third-order valence-electron chi connectivity index (χ3n) is 4.51. The van der Waals surface area contributed by atoms with E-state index in [1.807, 2.05) is 4.68 Å². The molecule has 5 heteroatoms. The molecule has 0 saturated carbocycles. The van der Waals surface area contributed by atoms with E-state index < -0.39 is 0 Å². The van der Waals surface area contributed by atoms with E-state index in [0.717, 1.165) is 31.8 Å². The van der Waals surface area contributed by atoms with Gasteiger partial charge in [0.1, 0.15) is 12.2 Å². The summed E-state index contributed by atoms with van der Waals surface area (Å²) in [5, 5.41) is 4.23. The predicted octanol–water partition coefficient (Wildman–Crippen LogP) is 2.87. The monoisotopic (exact) mass is 294 g/mol. The first kappa shape index (κ1) is 17.8. The van der Waals surface area contributed by atoms with E-state index in [0.29, 0.717) is 6.42 Å². The molecular formula is C16H30N4O. The highest BCUT2D eigenvalue weighted by Crippen LogP contribution is 2.26. The van der Waals surface area contributed by atoms with Gasteiger partial charge in [-0.2, -0.15) is 5.10 Å². The molecule has 0 fully saturated rings. The summed E-state index contributed by atoms with van der Waals surface area (Å²) in [6.07, 6.45) is 3.57. The van der Waals surface area contributed by atoms with Crippen LogP contribution >= 0.6 is 0 Å². The van der Waals surface area contributed by atoms with E-state index in [9.17, 15) is 4.79 Å². The number of aromatic nitrogens is 3. The standard InChI is InChI=1S/C16H30N4O/c1-7-16(8-2,19(9-3)10-4)14(21)11-15-17-12-18-20(15)13(5)6/h12-13H,7-11H2,1-6H3. The van der Waals surface area contributed by atoms with Crippen molar-refractivity contribution >= 4 is 5.78 Å². The Morgan fingerprint density at radius 1 is 1.24 bits per heavy atom. The number of hydrogen-bond acceptors (Lipinski definition) is 4. The van der Waals surface area contributed by atoms with Crippen LogP contribution in [0.25, 0.3) is 0 Å².